The molecule has 0 aromatic heterocycles. The van der Waals surface area contributed by atoms with E-state index in [0.29, 0.717) is 16.3 Å². The van der Waals surface area contributed by atoms with E-state index >= 15 is 0 Å². The molecule has 20 heavy (non-hydrogen) atoms. The van der Waals surface area contributed by atoms with E-state index in [1.54, 1.807) is 12.1 Å². The molecule has 0 amide bonds. The van der Waals surface area contributed by atoms with Crippen LogP contribution >= 0.6 is 11.6 Å². The summed E-state index contributed by atoms with van der Waals surface area (Å²) in [6.45, 7) is 1.94. The van der Waals surface area contributed by atoms with Gasteiger partial charge in [-0.3, -0.25) is 5.84 Å². The topological polar surface area (TPSA) is 47.3 Å². The first kappa shape index (κ1) is 14.8. The number of hydrogen-bond acceptors (Lipinski definition) is 3. The fraction of sp³-hybridized carbons (Fsp3) is 0.200. The van der Waals surface area contributed by atoms with Gasteiger partial charge in [0.15, 0.2) is 0 Å². The van der Waals surface area contributed by atoms with Crippen LogP contribution in [0.1, 0.15) is 22.7 Å². The molecule has 0 heterocycles. The van der Waals surface area contributed by atoms with Gasteiger partial charge in [0.25, 0.3) is 0 Å². The third-order valence-electron chi connectivity index (χ3n) is 3.07. The van der Waals surface area contributed by atoms with Crippen LogP contribution in [0, 0.1) is 12.7 Å². The van der Waals surface area contributed by atoms with Crippen molar-refractivity contribution >= 4 is 11.6 Å². The third-order valence-corrected chi connectivity index (χ3v) is 3.29. The van der Waals surface area contributed by atoms with Gasteiger partial charge in [0.1, 0.15) is 11.6 Å². The Morgan fingerprint density at radius 2 is 2.00 bits per heavy atom. The first-order valence-corrected chi connectivity index (χ1v) is 6.49. The molecule has 2 rings (SSSR count). The summed E-state index contributed by atoms with van der Waals surface area (Å²) in [5.74, 6) is 5.85. The zero-order valence-electron chi connectivity index (χ0n) is 11.3. The maximum atomic E-state index is 13.5. The van der Waals surface area contributed by atoms with Crippen molar-refractivity contribution in [3.8, 4) is 5.75 Å². The molecule has 3 nitrogen and oxygen atoms in total. The molecule has 5 heteroatoms. The zero-order chi connectivity index (χ0) is 14.7. The summed E-state index contributed by atoms with van der Waals surface area (Å²) < 4.78 is 18.8. The van der Waals surface area contributed by atoms with Crippen molar-refractivity contribution in [1.29, 1.82) is 0 Å². The van der Waals surface area contributed by atoms with Crippen molar-refractivity contribution in [3.63, 3.8) is 0 Å². The van der Waals surface area contributed by atoms with Gasteiger partial charge in [-0.25, -0.2) is 9.82 Å². The Hall–Kier alpha value is -1.62. The van der Waals surface area contributed by atoms with Crippen LogP contribution in [0.4, 0.5) is 4.39 Å². The van der Waals surface area contributed by atoms with Crippen LogP contribution in [0.3, 0.4) is 0 Å². The molecule has 0 aliphatic heterocycles. The average molecular weight is 295 g/mol. The lowest BCUT2D eigenvalue weighted by atomic mass is 9.97. The van der Waals surface area contributed by atoms with E-state index in [1.165, 1.54) is 19.2 Å². The number of aryl methyl sites for hydroxylation is 1. The second kappa shape index (κ2) is 6.22. The highest BCUT2D eigenvalue weighted by atomic mass is 35.5. The van der Waals surface area contributed by atoms with Crippen LogP contribution in [0.15, 0.2) is 36.4 Å². The van der Waals surface area contributed by atoms with E-state index in [2.05, 4.69) is 5.43 Å². The van der Waals surface area contributed by atoms with Crippen molar-refractivity contribution < 1.29 is 9.13 Å². The molecule has 0 aliphatic carbocycles. The van der Waals surface area contributed by atoms with Gasteiger partial charge in [-0.1, -0.05) is 17.7 Å². The standard InChI is InChI=1S/C15H16ClFN2O/c1-9-5-10(7-11(16)6-9)15(19-18)13-8-12(17)3-4-14(13)20-2/h3-8,15,19H,18H2,1-2H3. The summed E-state index contributed by atoms with van der Waals surface area (Å²) >= 11 is 6.07. The number of halogens is 2. The number of ether oxygens (including phenoxy) is 1. The van der Waals surface area contributed by atoms with E-state index in [-0.39, 0.29) is 5.82 Å². The maximum absolute atomic E-state index is 13.5. The Morgan fingerprint density at radius 1 is 1.25 bits per heavy atom. The normalized spacial score (nSPS) is 12.2. The SMILES string of the molecule is COc1ccc(F)cc1C(NN)c1cc(C)cc(Cl)c1. The summed E-state index contributed by atoms with van der Waals surface area (Å²) in [5.41, 5.74) is 5.16. The molecule has 106 valence electrons. The summed E-state index contributed by atoms with van der Waals surface area (Å²) in [6, 6.07) is 9.51. The molecule has 3 N–H and O–H groups in total. The van der Waals surface area contributed by atoms with Crippen LogP contribution in [0.2, 0.25) is 5.02 Å². The lowest BCUT2D eigenvalue weighted by Crippen LogP contribution is -2.29. The third kappa shape index (κ3) is 3.10. The number of rotatable bonds is 4. The van der Waals surface area contributed by atoms with Gasteiger partial charge in [-0.15, -0.1) is 0 Å². The van der Waals surface area contributed by atoms with Crippen LogP contribution < -0.4 is 16.0 Å². The van der Waals surface area contributed by atoms with Crippen molar-refractivity contribution in [2.75, 3.05) is 7.11 Å². The van der Waals surface area contributed by atoms with Crippen molar-refractivity contribution in [2.45, 2.75) is 13.0 Å². The van der Waals surface area contributed by atoms with Gasteiger partial charge in [0.05, 0.1) is 13.2 Å². The second-order valence-electron chi connectivity index (χ2n) is 4.55. The molecule has 2 aromatic carbocycles. The molecule has 0 aliphatic rings. The predicted octanol–water partition coefficient (Wildman–Crippen LogP) is 3.35. The van der Waals surface area contributed by atoms with Crippen LogP contribution in [-0.4, -0.2) is 7.11 Å². The molecule has 0 fully saturated rings. The van der Waals surface area contributed by atoms with E-state index in [0.717, 1.165) is 11.1 Å². The Kier molecular flexibility index (Phi) is 4.60. The van der Waals surface area contributed by atoms with E-state index in [9.17, 15) is 4.39 Å². The van der Waals surface area contributed by atoms with Gasteiger partial charge in [0, 0.05) is 10.6 Å². The highest BCUT2D eigenvalue weighted by molar-refractivity contribution is 6.30. The molecule has 0 radical (unpaired) electrons. The molecule has 0 spiro atoms. The first-order chi connectivity index (χ1) is 9.55. The summed E-state index contributed by atoms with van der Waals surface area (Å²) in [6.07, 6.45) is 0. The number of benzene rings is 2. The minimum atomic E-state index is -0.405. The Labute approximate surface area is 122 Å². The molecule has 0 bridgehead atoms. The molecule has 0 saturated carbocycles. The van der Waals surface area contributed by atoms with E-state index in [4.69, 9.17) is 22.2 Å². The van der Waals surface area contributed by atoms with E-state index in [1.807, 2.05) is 19.1 Å². The summed E-state index contributed by atoms with van der Waals surface area (Å²) in [4.78, 5) is 0. The minimum absolute atomic E-state index is 0.347. The van der Waals surface area contributed by atoms with Gasteiger partial charge < -0.3 is 4.74 Å². The van der Waals surface area contributed by atoms with Gasteiger partial charge in [-0.05, 0) is 48.4 Å². The number of methoxy groups -OCH3 is 1. The molecule has 1 unspecified atom stereocenters. The van der Waals surface area contributed by atoms with Gasteiger partial charge >= 0.3 is 0 Å². The van der Waals surface area contributed by atoms with Crippen molar-refractivity contribution in [3.05, 3.63) is 63.9 Å². The highest BCUT2D eigenvalue weighted by Crippen LogP contribution is 2.31. The minimum Gasteiger partial charge on any atom is -0.496 e. The smallest absolute Gasteiger partial charge is 0.124 e. The number of hydrogen-bond donors (Lipinski definition) is 2. The number of nitrogens with two attached hydrogens (primary N) is 1. The zero-order valence-corrected chi connectivity index (χ0v) is 12.0. The van der Waals surface area contributed by atoms with Crippen LogP contribution in [0.5, 0.6) is 5.75 Å². The maximum Gasteiger partial charge on any atom is 0.124 e. The molecule has 0 saturated heterocycles. The molecular formula is C15H16ClFN2O. The molecule has 2 aromatic rings. The average Bonchev–Trinajstić information content (AvgIpc) is 2.39. The fourth-order valence-corrected chi connectivity index (χ4v) is 2.53. The fourth-order valence-electron chi connectivity index (χ4n) is 2.23. The molecule has 1 atom stereocenters. The largest absolute Gasteiger partial charge is 0.496 e. The predicted molar refractivity (Wildman–Crippen MR) is 78.3 cm³/mol. The van der Waals surface area contributed by atoms with Crippen LogP contribution in [-0.2, 0) is 0 Å². The lowest BCUT2D eigenvalue weighted by Gasteiger charge is -2.20. The lowest BCUT2D eigenvalue weighted by molar-refractivity contribution is 0.402. The Bertz CT molecular complexity index is 599. The monoisotopic (exact) mass is 294 g/mol. The number of nitrogens with one attached hydrogen (secondary N) is 1. The quantitative estimate of drug-likeness (QED) is 0.671. The molecular weight excluding hydrogens is 279 g/mol. The van der Waals surface area contributed by atoms with Crippen molar-refractivity contribution in [1.82, 2.24) is 5.43 Å². The second-order valence-corrected chi connectivity index (χ2v) is 4.98. The Balaban J connectivity index is 2.54. The summed E-state index contributed by atoms with van der Waals surface area (Å²) in [5, 5.41) is 0.607. The first-order valence-electron chi connectivity index (χ1n) is 6.12. The summed E-state index contributed by atoms with van der Waals surface area (Å²) in [7, 11) is 1.54. The van der Waals surface area contributed by atoms with Crippen LogP contribution in [0.25, 0.3) is 0 Å². The van der Waals surface area contributed by atoms with Gasteiger partial charge in [-0.2, -0.15) is 0 Å². The van der Waals surface area contributed by atoms with Gasteiger partial charge in [0.2, 0.25) is 0 Å². The number of hydrazine groups is 1. The Morgan fingerprint density at radius 3 is 2.60 bits per heavy atom. The van der Waals surface area contributed by atoms with Crippen molar-refractivity contribution in [2.24, 2.45) is 5.84 Å². The highest BCUT2D eigenvalue weighted by Gasteiger charge is 2.18. The van der Waals surface area contributed by atoms with E-state index < -0.39 is 6.04 Å².